The summed E-state index contributed by atoms with van der Waals surface area (Å²) >= 11 is 0. The van der Waals surface area contributed by atoms with Gasteiger partial charge in [0.25, 0.3) is 0 Å². The van der Waals surface area contributed by atoms with Crippen molar-refractivity contribution in [2.45, 2.75) is 18.6 Å². The van der Waals surface area contributed by atoms with Crippen molar-refractivity contribution >= 4 is 36.5 Å². The van der Waals surface area contributed by atoms with Gasteiger partial charge in [-0.05, 0) is 18.2 Å². The molecule has 2 fully saturated rings. The number of halogens is 5. The van der Waals surface area contributed by atoms with Crippen LogP contribution in [0.4, 0.5) is 18.9 Å². The van der Waals surface area contributed by atoms with E-state index in [4.69, 9.17) is 4.74 Å². The molecule has 1 unspecified atom stereocenters. The normalized spacial score (nSPS) is 21.7. The van der Waals surface area contributed by atoms with Crippen molar-refractivity contribution in [3.05, 3.63) is 29.8 Å². The largest absolute Gasteiger partial charge is 0.464 e. The van der Waals surface area contributed by atoms with Gasteiger partial charge in [-0.1, -0.05) is 6.07 Å². The zero-order valence-electron chi connectivity index (χ0n) is 12.8. The molecule has 4 nitrogen and oxygen atoms in total. The molecule has 2 saturated heterocycles. The summed E-state index contributed by atoms with van der Waals surface area (Å²) in [6.07, 6.45) is -3.63. The number of piperazine rings is 1. The molecule has 2 aliphatic heterocycles. The van der Waals surface area contributed by atoms with Crippen molar-refractivity contribution in [1.29, 1.82) is 0 Å². The fourth-order valence-corrected chi connectivity index (χ4v) is 2.99. The highest BCUT2D eigenvalue weighted by Crippen LogP contribution is 2.32. The minimum atomic E-state index is -4.33. The van der Waals surface area contributed by atoms with Gasteiger partial charge >= 0.3 is 12.1 Å². The van der Waals surface area contributed by atoms with Gasteiger partial charge in [0.1, 0.15) is 6.04 Å². The predicted octanol–water partition coefficient (Wildman–Crippen LogP) is 2.99. The minimum Gasteiger partial charge on any atom is -0.464 e. The summed E-state index contributed by atoms with van der Waals surface area (Å²) in [5.41, 5.74) is -0.0599. The molecule has 0 aromatic heterocycles. The number of nitrogens with zero attached hydrogens (tertiary/aromatic N) is 2. The Hall–Kier alpha value is -1.18. The number of carbonyl (C=O) groups is 1. The van der Waals surface area contributed by atoms with Crippen molar-refractivity contribution in [3.8, 4) is 0 Å². The molecule has 2 aliphatic rings. The van der Waals surface area contributed by atoms with Gasteiger partial charge in [0.2, 0.25) is 0 Å². The van der Waals surface area contributed by atoms with Gasteiger partial charge in [0, 0.05) is 38.3 Å². The molecule has 9 heteroatoms. The van der Waals surface area contributed by atoms with Gasteiger partial charge in [-0.3, -0.25) is 9.69 Å². The zero-order chi connectivity index (χ0) is 15.7. The minimum absolute atomic E-state index is 0. The van der Waals surface area contributed by atoms with Crippen molar-refractivity contribution < 1.29 is 22.7 Å². The quantitative estimate of drug-likeness (QED) is 0.731. The van der Waals surface area contributed by atoms with E-state index in [0.717, 1.165) is 6.07 Å². The van der Waals surface area contributed by atoms with Gasteiger partial charge in [-0.2, -0.15) is 13.2 Å². The fourth-order valence-electron chi connectivity index (χ4n) is 2.99. The number of hydrogen-bond acceptors (Lipinski definition) is 4. The first-order chi connectivity index (χ1) is 10.4. The van der Waals surface area contributed by atoms with E-state index in [9.17, 15) is 18.0 Å². The molecule has 3 rings (SSSR count). The molecule has 0 N–H and O–H groups in total. The molecular weight excluding hydrogens is 368 g/mol. The average Bonchev–Trinajstić information content (AvgIpc) is 2.93. The monoisotopic (exact) mass is 386 g/mol. The molecule has 2 heterocycles. The summed E-state index contributed by atoms with van der Waals surface area (Å²) in [5, 5.41) is 0. The van der Waals surface area contributed by atoms with E-state index in [-0.39, 0.29) is 36.8 Å². The lowest BCUT2D eigenvalue weighted by Gasteiger charge is -2.37. The lowest BCUT2D eigenvalue weighted by atomic mass is 10.1. The van der Waals surface area contributed by atoms with Crippen LogP contribution in [0.25, 0.3) is 0 Å². The molecule has 136 valence electrons. The van der Waals surface area contributed by atoms with Crippen LogP contribution in [0.3, 0.4) is 0 Å². The first-order valence-electron chi connectivity index (χ1n) is 7.28. The van der Waals surface area contributed by atoms with Gasteiger partial charge in [-0.15, -0.1) is 24.8 Å². The molecular formula is C15H19Cl2F3N2O2. The Morgan fingerprint density at radius 2 is 1.75 bits per heavy atom. The SMILES string of the molecule is Cl.Cl.O=C1OCCC1N1CCN(c2cccc(C(F)(F)F)c2)CC1. The second-order valence-electron chi connectivity index (χ2n) is 5.54. The number of carbonyl (C=O) groups excluding carboxylic acids is 1. The lowest BCUT2D eigenvalue weighted by molar-refractivity contribution is -0.142. The fraction of sp³-hybridized carbons (Fsp3) is 0.533. The van der Waals surface area contributed by atoms with Gasteiger partial charge < -0.3 is 9.64 Å². The van der Waals surface area contributed by atoms with Crippen LogP contribution in [-0.2, 0) is 15.7 Å². The molecule has 0 aliphatic carbocycles. The summed E-state index contributed by atoms with van der Waals surface area (Å²) < 4.78 is 43.3. The highest BCUT2D eigenvalue weighted by atomic mass is 35.5. The van der Waals surface area contributed by atoms with Gasteiger partial charge in [0.15, 0.2) is 0 Å². The maximum absolute atomic E-state index is 12.8. The number of hydrogen-bond donors (Lipinski definition) is 0. The van der Waals surface area contributed by atoms with E-state index < -0.39 is 11.7 Å². The third-order valence-electron chi connectivity index (χ3n) is 4.20. The Balaban J connectivity index is 0.00000144. The number of alkyl halides is 3. The summed E-state index contributed by atoms with van der Waals surface area (Å²) in [6.45, 7) is 2.96. The number of esters is 1. The number of ether oxygens (including phenoxy) is 1. The van der Waals surface area contributed by atoms with Crippen molar-refractivity contribution in [2.24, 2.45) is 0 Å². The van der Waals surface area contributed by atoms with Crippen LogP contribution in [-0.4, -0.2) is 49.7 Å². The average molecular weight is 387 g/mol. The Kier molecular flexibility index (Phi) is 7.19. The highest BCUT2D eigenvalue weighted by molar-refractivity contribution is 5.85. The summed E-state index contributed by atoms with van der Waals surface area (Å²) in [7, 11) is 0. The van der Waals surface area contributed by atoms with E-state index in [0.29, 0.717) is 44.9 Å². The lowest BCUT2D eigenvalue weighted by Crippen LogP contribution is -2.51. The third kappa shape index (κ3) is 4.46. The number of cyclic esters (lactones) is 1. The Morgan fingerprint density at radius 3 is 2.29 bits per heavy atom. The molecule has 1 aromatic rings. The van der Waals surface area contributed by atoms with Crippen molar-refractivity contribution in [3.63, 3.8) is 0 Å². The number of benzene rings is 1. The first-order valence-corrected chi connectivity index (χ1v) is 7.28. The first kappa shape index (κ1) is 20.9. The topological polar surface area (TPSA) is 32.8 Å². The molecule has 0 amide bonds. The van der Waals surface area contributed by atoms with Crippen LogP contribution < -0.4 is 4.90 Å². The van der Waals surface area contributed by atoms with Gasteiger partial charge in [0.05, 0.1) is 12.2 Å². The highest BCUT2D eigenvalue weighted by Gasteiger charge is 2.35. The van der Waals surface area contributed by atoms with Crippen LogP contribution in [0.15, 0.2) is 24.3 Å². The van der Waals surface area contributed by atoms with Crippen LogP contribution in [0.5, 0.6) is 0 Å². The Labute approximate surface area is 150 Å². The molecule has 0 saturated carbocycles. The maximum atomic E-state index is 12.8. The molecule has 24 heavy (non-hydrogen) atoms. The molecule has 1 aromatic carbocycles. The Morgan fingerprint density at radius 1 is 1.08 bits per heavy atom. The van der Waals surface area contributed by atoms with E-state index >= 15 is 0 Å². The maximum Gasteiger partial charge on any atom is 0.416 e. The van der Waals surface area contributed by atoms with Crippen molar-refractivity contribution in [2.75, 3.05) is 37.7 Å². The smallest absolute Gasteiger partial charge is 0.416 e. The molecule has 0 radical (unpaired) electrons. The second kappa shape index (κ2) is 8.27. The summed E-state index contributed by atoms with van der Waals surface area (Å²) in [6, 6.07) is 5.19. The summed E-state index contributed by atoms with van der Waals surface area (Å²) in [5.74, 6) is -0.187. The van der Waals surface area contributed by atoms with Crippen LogP contribution in [0.1, 0.15) is 12.0 Å². The van der Waals surface area contributed by atoms with Crippen molar-refractivity contribution in [1.82, 2.24) is 4.90 Å². The zero-order valence-corrected chi connectivity index (χ0v) is 14.4. The van der Waals surface area contributed by atoms with E-state index in [1.165, 1.54) is 12.1 Å². The standard InChI is InChI=1S/C15H17F3N2O2.2ClH/c16-15(17,18)11-2-1-3-12(10-11)19-5-7-20(8-6-19)13-4-9-22-14(13)21;;/h1-3,10,13H,4-9H2;2*1H. The third-order valence-corrected chi connectivity index (χ3v) is 4.20. The van der Waals surface area contributed by atoms with E-state index in [1.807, 2.05) is 4.90 Å². The molecule has 0 spiro atoms. The summed E-state index contributed by atoms with van der Waals surface area (Å²) in [4.78, 5) is 15.6. The number of rotatable bonds is 2. The second-order valence-corrected chi connectivity index (χ2v) is 5.54. The van der Waals surface area contributed by atoms with E-state index in [1.54, 1.807) is 6.07 Å². The predicted molar refractivity (Wildman–Crippen MR) is 89.1 cm³/mol. The van der Waals surface area contributed by atoms with Crippen LogP contribution >= 0.6 is 24.8 Å². The van der Waals surface area contributed by atoms with Gasteiger partial charge in [-0.25, -0.2) is 0 Å². The van der Waals surface area contributed by atoms with Crippen LogP contribution in [0.2, 0.25) is 0 Å². The van der Waals surface area contributed by atoms with E-state index in [2.05, 4.69) is 4.90 Å². The molecule has 1 atom stereocenters. The van der Waals surface area contributed by atoms with Crippen LogP contribution in [0, 0.1) is 0 Å². The molecule has 0 bridgehead atoms. The Bertz CT molecular complexity index is 564. The number of anilines is 1.